The number of fused-ring (bicyclic) bond motifs is 1. The van der Waals surface area contributed by atoms with Crippen LogP contribution < -0.4 is 4.74 Å². The van der Waals surface area contributed by atoms with Crippen molar-refractivity contribution in [3.05, 3.63) is 42.1 Å². The molecular formula is C18H26N2O. The van der Waals surface area contributed by atoms with Crippen LogP contribution in [0.3, 0.4) is 0 Å². The Kier molecular flexibility index (Phi) is 5.45. The minimum absolute atomic E-state index is 0.916. The second-order valence-electron chi connectivity index (χ2n) is 5.48. The molecule has 21 heavy (non-hydrogen) atoms. The summed E-state index contributed by atoms with van der Waals surface area (Å²) < 4.78 is 5.35. The third kappa shape index (κ3) is 3.67. The molecule has 0 bridgehead atoms. The minimum atomic E-state index is 0.916. The molecule has 0 aliphatic heterocycles. The lowest BCUT2D eigenvalue weighted by molar-refractivity contribution is 0.307. The molecule has 1 aromatic carbocycles. The normalized spacial score (nSPS) is 11.2. The predicted molar refractivity (Wildman–Crippen MR) is 90.2 cm³/mol. The largest absolute Gasteiger partial charge is 0.497 e. The molecule has 0 amide bonds. The fraction of sp³-hybridized carbons (Fsp3) is 0.444. The average molecular weight is 286 g/mol. The van der Waals surface area contributed by atoms with Crippen molar-refractivity contribution < 1.29 is 4.74 Å². The van der Waals surface area contributed by atoms with Gasteiger partial charge in [0.2, 0.25) is 0 Å². The van der Waals surface area contributed by atoms with Gasteiger partial charge in [0.25, 0.3) is 0 Å². The third-order valence-corrected chi connectivity index (χ3v) is 3.93. The number of methoxy groups -OCH3 is 1. The summed E-state index contributed by atoms with van der Waals surface area (Å²) in [7, 11) is 1.72. The maximum absolute atomic E-state index is 5.35. The zero-order valence-electron chi connectivity index (χ0n) is 13.4. The second kappa shape index (κ2) is 7.32. The first-order chi connectivity index (χ1) is 10.2. The van der Waals surface area contributed by atoms with E-state index in [1.165, 1.54) is 28.6 Å². The van der Waals surface area contributed by atoms with Gasteiger partial charge in [-0.25, -0.2) is 0 Å². The van der Waals surface area contributed by atoms with Crippen LogP contribution >= 0.6 is 0 Å². The number of H-pyrrole nitrogens is 1. The Morgan fingerprint density at radius 1 is 1.33 bits per heavy atom. The molecule has 0 aliphatic carbocycles. The highest BCUT2D eigenvalue weighted by atomic mass is 16.5. The molecule has 3 heteroatoms. The molecule has 0 fully saturated rings. The molecule has 1 heterocycles. The Morgan fingerprint density at radius 3 is 2.81 bits per heavy atom. The number of benzene rings is 1. The first-order valence-corrected chi connectivity index (χ1v) is 7.68. The van der Waals surface area contributed by atoms with Crippen LogP contribution in [0.5, 0.6) is 5.75 Å². The maximum atomic E-state index is 5.35. The van der Waals surface area contributed by atoms with Gasteiger partial charge in [0, 0.05) is 29.7 Å². The summed E-state index contributed by atoms with van der Waals surface area (Å²) in [5.41, 5.74) is 3.84. The van der Waals surface area contributed by atoms with E-state index in [2.05, 4.69) is 42.4 Å². The van der Waals surface area contributed by atoms with Gasteiger partial charge in [-0.3, -0.25) is 4.90 Å². The highest BCUT2D eigenvalue weighted by Gasteiger charge is 2.11. The topological polar surface area (TPSA) is 28.3 Å². The Hall–Kier alpha value is -1.74. The highest BCUT2D eigenvalue weighted by molar-refractivity contribution is 5.86. The number of aryl methyl sites for hydroxylation is 1. The van der Waals surface area contributed by atoms with Gasteiger partial charge in [-0.05, 0) is 50.1 Å². The van der Waals surface area contributed by atoms with E-state index in [0.717, 1.165) is 31.8 Å². The minimum Gasteiger partial charge on any atom is -0.497 e. The molecule has 114 valence electrons. The van der Waals surface area contributed by atoms with Gasteiger partial charge in [-0.2, -0.15) is 0 Å². The average Bonchev–Trinajstić information content (AvgIpc) is 2.79. The van der Waals surface area contributed by atoms with Crippen LogP contribution in [-0.4, -0.2) is 36.6 Å². The molecule has 0 unspecified atom stereocenters. The van der Waals surface area contributed by atoms with Crippen molar-refractivity contribution in [3.8, 4) is 5.75 Å². The summed E-state index contributed by atoms with van der Waals surface area (Å²) in [5, 5.41) is 1.28. The first kappa shape index (κ1) is 15.6. The highest BCUT2D eigenvalue weighted by Crippen LogP contribution is 2.26. The molecule has 0 radical (unpaired) electrons. The SMILES string of the molecule is C=CCN(CCC)CCc1c(C)[nH]c2ccc(OC)cc12. The number of hydrogen-bond donors (Lipinski definition) is 1. The van der Waals surface area contributed by atoms with Crippen molar-refractivity contribution in [3.63, 3.8) is 0 Å². The fourth-order valence-electron chi connectivity index (χ4n) is 2.87. The van der Waals surface area contributed by atoms with Crippen LogP contribution in [0, 0.1) is 6.92 Å². The van der Waals surface area contributed by atoms with Gasteiger partial charge in [0.1, 0.15) is 5.75 Å². The van der Waals surface area contributed by atoms with Gasteiger partial charge < -0.3 is 9.72 Å². The summed E-state index contributed by atoms with van der Waals surface area (Å²) >= 11 is 0. The monoisotopic (exact) mass is 286 g/mol. The summed E-state index contributed by atoms with van der Waals surface area (Å²) in [5.74, 6) is 0.916. The standard InChI is InChI=1S/C18H26N2O/c1-5-10-20(11-6-2)12-9-16-14(3)19-18-8-7-15(21-4)13-17(16)18/h5,7-8,13,19H,1,6,9-12H2,2-4H3. The van der Waals surface area contributed by atoms with Crippen molar-refractivity contribution in [2.75, 3.05) is 26.7 Å². The smallest absolute Gasteiger partial charge is 0.119 e. The Balaban J connectivity index is 2.20. The number of nitrogens with one attached hydrogen (secondary N) is 1. The molecule has 0 aliphatic rings. The van der Waals surface area contributed by atoms with E-state index in [0.29, 0.717) is 0 Å². The van der Waals surface area contributed by atoms with Crippen LogP contribution in [0.25, 0.3) is 10.9 Å². The summed E-state index contributed by atoms with van der Waals surface area (Å²) in [6.45, 7) is 11.4. The van der Waals surface area contributed by atoms with Crippen LogP contribution in [0.15, 0.2) is 30.9 Å². The molecular weight excluding hydrogens is 260 g/mol. The van der Waals surface area contributed by atoms with Crippen LogP contribution in [0.4, 0.5) is 0 Å². The van der Waals surface area contributed by atoms with E-state index >= 15 is 0 Å². The summed E-state index contributed by atoms with van der Waals surface area (Å²) in [4.78, 5) is 5.92. The zero-order chi connectivity index (χ0) is 15.2. The van der Waals surface area contributed by atoms with Crippen LogP contribution in [0.1, 0.15) is 24.6 Å². The van der Waals surface area contributed by atoms with E-state index in [1.54, 1.807) is 7.11 Å². The number of rotatable bonds is 8. The number of aromatic nitrogens is 1. The van der Waals surface area contributed by atoms with Gasteiger partial charge in [0.15, 0.2) is 0 Å². The lowest BCUT2D eigenvalue weighted by Crippen LogP contribution is -2.27. The molecule has 1 aromatic heterocycles. The van der Waals surface area contributed by atoms with Gasteiger partial charge in [-0.1, -0.05) is 13.0 Å². The lowest BCUT2D eigenvalue weighted by atomic mass is 10.1. The molecule has 3 nitrogen and oxygen atoms in total. The van der Waals surface area contributed by atoms with Crippen LogP contribution in [0.2, 0.25) is 0 Å². The first-order valence-electron chi connectivity index (χ1n) is 7.68. The van der Waals surface area contributed by atoms with Crippen molar-refractivity contribution in [1.82, 2.24) is 9.88 Å². The van der Waals surface area contributed by atoms with E-state index in [-0.39, 0.29) is 0 Å². The zero-order valence-corrected chi connectivity index (χ0v) is 13.4. The molecule has 0 saturated heterocycles. The van der Waals surface area contributed by atoms with Gasteiger partial charge >= 0.3 is 0 Å². The Morgan fingerprint density at radius 2 is 2.14 bits per heavy atom. The van der Waals surface area contributed by atoms with Gasteiger partial charge in [-0.15, -0.1) is 6.58 Å². The predicted octanol–water partition coefficient (Wildman–Crippen LogP) is 3.93. The maximum Gasteiger partial charge on any atom is 0.119 e. The number of hydrogen-bond acceptors (Lipinski definition) is 2. The number of nitrogens with zero attached hydrogens (tertiary/aromatic N) is 1. The van der Waals surface area contributed by atoms with Crippen molar-refractivity contribution >= 4 is 10.9 Å². The summed E-state index contributed by atoms with van der Waals surface area (Å²) in [6, 6.07) is 6.23. The summed E-state index contributed by atoms with van der Waals surface area (Å²) in [6.07, 6.45) is 4.21. The lowest BCUT2D eigenvalue weighted by Gasteiger charge is -2.19. The van der Waals surface area contributed by atoms with Crippen molar-refractivity contribution in [2.45, 2.75) is 26.7 Å². The van der Waals surface area contributed by atoms with Crippen LogP contribution in [-0.2, 0) is 6.42 Å². The fourth-order valence-corrected chi connectivity index (χ4v) is 2.87. The number of aromatic amines is 1. The van der Waals surface area contributed by atoms with E-state index in [4.69, 9.17) is 4.74 Å². The van der Waals surface area contributed by atoms with Gasteiger partial charge in [0.05, 0.1) is 7.11 Å². The molecule has 2 rings (SSSR count). The molecule has 0 atom stereocenters. The third-order valence-electron chi connectivity index (χ3n) is 3.93. The molecule has 0 saturated carbocycles. The molecule has 2 aromatic rings. The quantitative estimate of drug-likeness (QED) is 0.745. The molecule has 1 N–H and O–H groups in total. The van der Waals surface area contributed by atoms with Crippen molar-refractivity contribution in [2.24, 2.45) is 0 Å². The molecule has 0 spiro atoms. The van der Waals surface area contributed by atoms with E-state index < -0.39 is 0 Å². The van der Waals surface area contributed by atoms with Crippen molar-refractivity contribution in [1.29, 1.82) is 0 Å². The number of ether oxygens (including phenoxy) is 1. The Labute approximate surface area is 127 Å². The van der Waals surface area contributed by atoms with E-state index in [1.807, 2.05) is 12.1 Å². The second-order valence-corrected chi connectivity index (χ2v) is 5.48. The Bertz CT molecular complexity index is 601. The van der Waals surface area contributed by atoms with E-state index in [9.17, 15) is 0 Å².